The molecule has 0 rings (SSSR count). The molecule has 0 atom stereocenters. The molecule has 0 aliphatic heterocycles. The Morgan fingerprint density at radius 1 is 1.83 bits per heavy atom. The van der Waals surface area contributed by atoms with Crippen molar-refractivity contribution in [3.63, 3.8) is 0 Å². The van der Waals surface area contributed by atoms with Crippen molar-refractivity contribution >= 4 is 0 Å². The summed E-state index contributed by atoms with van der Waals surface area (Å²) in [6.07, 6.45) is 7.76. The summed E-state index contributed by atoms with van der Waals surface area (Å²) >= 11 is 0. The Labute approximate surface area is 36.9 Å². The third-order valence-corrected chi connectivity index (χ3v) is 0.210. The largest absolute Gasteiger partial charge is 0.407 e. The molecule has 0 bridgehead atoms. The first kappa shape index (κ1) is 4.88. The van der Waals surface area contributed by atoms with Crippen LogP contribution in [0, 0.1) is 12.5 Å². The summed E-state index contributed by atoms with van der Waals surface area (Å²) in [5.41, 5.74) is 2.33. The van der Waals surface area contributed by atoms with E-state index in [1.54, 1.807) is 0 Å². The van der Waals surface area contributed by atoms with Gasteiger partial charge >= 0.3 is 0 Å². The standard InChI is InChI=1S/C5H4O/c1-3-5-6-4-2/h2,5H,1H2. The first-order valence-electron chi connectivity index (χ1n) is 1.37. The maximum Gasteiger partial charge on any atom is 0.145 e. The van der Waals surface area contributed by atoms with E-state index in [1.165, 1.54) is 6.26 Å². The second-order valence-corrected chi connectivity index (χ2v) is 0.558. The molecule has 0 aromatic heterocycles. The Morgan fingerprint density at radius 2 is 2.50 bits per heavy atom. The minimum atomic E-state index is 1.21. The summed E-state index contributed by atoms with van der Waals surface area (Å²) in [4.78, 5) is 0. The minimum absolute atomic E-state index is 1.21. The van der Waals surface area contributed by atoms with E-state index < -0.39 is 0 Å². The SMILES string of the molecule is C#COC=C=C. The van der Waals surface area contributed by atoms with Crippen LogP contribution in [0.4, 0.5) is 0 Å². The van der Waals surface area contributed by atoms with Gasteiger partial charge in [0.25, 0.3) is 0 Å². The summed E-state index contributed by atoms with van der Waals surface area (Å²) in [5.74, 6) is 0. The van der Waals surface area contributed by atoms with Crippen LogP contribution >= 0.6 is 0 Å². The van der Waals surface area contributed by atoms with E-state index in [1.807, 2.05) is 6.11 Å². The molecule has 0 aromatic rings. The van der Waals surface area contributed by atoms with Gasteiger partial charge in [-0.1, -0.05) is 18.7 Å². The number of rotatable bonds is 1. The van der Waals surface area contributed by atoms with Crippen LogP contribution in [-0.2, 0) is 4.74 Å². The van der Waals surface area contributed by atoms with Gasteiger partial charge in [0, 0.05) is 0 Å². The van der Waals surface area contributed by atoms with Crippen LogP contribution in [0.5, 0.6) is 0 Å². The maximum absolute atomic E-state index is 4.64. The van der Waals surface area contributed by atoms with Crippen molar-refractivity contribution in [2.75, 3.05) is 0 Å². The highest BCUT2D eigenvalue weighted by molar-refractivity contribution is 4.75. The molecule has 0 aromatic carbocycles. The summed E-state index contributed by atoms with van der Waals surface area (Å²) < 4.78 is 4.21. The van der Waals surface area contributed by atoms with Crippen molar-refractivity contribution in [3.05, 3.63) is 18.6 Å². The maximum atomic E-state index is 4.64. The molecule has 30 valence electrons. The van der Waals surface area contributed by atoms with E-state index in [9.17, 15) is 0 Å². The molecular weight excluding hydrogens is 76.1 g/mol. The first-order chi connectivity index (χ1) is 2.91. The third kappa shape index (κ3) is 2.88. The van der Waals surface area contributed by atoms with Crippen molar-refractivity contribution < 1.29 is 4.74 Å². The van der Waals surface area contributed by atoms with Gasteiger partial charge in [-0.2, -0.15) is 0 Å². The highest BCUT2D eigenvalue weighted by atomic mass is 16.5. The average molecular weight is 80.1 g/mol. The van der Waals surface area contributed by atoms with Crippen LogP contribution in [0.25, 0.3) is 0 Å². The molecule has 0 saturated heterocycles. The molecule has 1 nitrogen and oxygen atoms in total. The molecule has 0 heterocycles. The molecule has 0 aliphatic rings. The Morgan fingerprint density at radius 3 is 2.67 bits per heavy atom. The van der Waals surface area contributed by atoms with E-state index in [0.29, 0.717) is 0 Å². The van der Waals surface area contributed by atoms with Gasteiger partial charge in [0.2, 0.25) is 0 Å². The molecule has 0 spiro atoms. The van der Waals surface area contributed by atoms with Crippen molar-refractivity contribution in [1.29, 1.82) is 0 Å². The molecule has 0 amide bonds. The smallest absolute Gasteiger partial charge is 0.145 e. The fourth-order valence-electron chi connectivity index (χ4n) is 0.0757. The number of ether oxygens (including phenoxy) is 1. The number of hydrogen-bond acceptors (Lipinski definition) is 1. The van der Waals surface area contributed by atoms with Crippen LogP contribution in [-0.4, -0.2) is 0 Å². The van der Waals surface area contributed by atoms with Gasteiger partial charge in [-0.25, -0.2) is 0 Å². The van der Waals surface area contributed by atoms with Crippen LogP contribution < -0.4 is 0 Å². The predicted octanol–water partition coefficient (Wildman–Crippen LogP) is 0.892. The monoisotopic (exact) mass is 80.0 g/mol. The van der Waals surface area contributed by atoms with Gasteiger partial charge in [0.05, 0.1) is 0 Å². The zero-order chi connectivity index (χ0) is 4.83. The third-order valence-electron chi connectivity index (χ3n) is 0.210. The van der Waals surface area contributed by atoms with Crippen LogP contribution in [0.2, 0.25) is 0 Å². The lowest BCUT2D eigenvalue weighted by Crippen LogP contribution is -1.55. The second kappa shape index (κ2) is 3.88. The Bertz CT molecular complexity index is 102. The zero-order valence-corrected chi connectivity index (χ0v) is 3.27. The van der Waals surface area contributed by atoms with Gasteiger partial charge < -0.3 is 4.74 Å². The quantitative estimate of drug-likeness (QED) is 0.258. The lowest BCUT2D eigenvalue weighted by Gasteiger charge is -1.71. The molecule has 0 unspecified atom stereocenters. The molecular formula is C5H4O. The molecule has 0 saturated carbocycles. The van der Waals surface area contributed by atoms with E-state index >= 15 is 0 Å². The van der Waals surface area contributed by atoms with Crippen molar-refractivity contribution in [1.82, 2.24) is 0 Å². The van der Waals surface area contributed by atoms with E-state index in [2.05, 4.69) is 23.5 Å². The molecule has 1 heteroatoms. The van der Waals surface area contributed by atoms with Crippen LogP contribution in [0.3, 0.4) is 0 Å². The average Bonchev–Trinajstić information content (AvgIpc) is 1.61. The fraction of sp³-hybridized carbons (Fsp3) is 0. The minimum Gasteiger partial charge on any atom is -0.407 e. The topological polar surface area (TPSA) is 9.23 Å². The molecule has 0 fully saturated rings. The van der Waals surface area contributed by atoms with Crippen LogP contribution in [0.1, 0.15) is 0 Å². The highest BCUT2D eigenvalue weighted by Gasteiger charge is 1.50. The zero-order valence-electron chi connectivity index (χ0n) is 3.27. The van der Waals surface area contributed by atoms with Crippen molar-refractivity contribution in [2.45, 2.75) is 0 Å². The highest BCUT2D eigenvalue weighted by Crippen LogP contribution is 1.62. The normalized spacial score (nSPS) is 4.50. The number of terminal acetylenes is 1. The Kier molecular flexibility index (Phi) is 3.16. The van der Waals surface area contributed by atoms with E-state index in [4.69, 9.17) is 0 Å². The Balaban J connectivity index is 3.16. The van der Waals surface area contributed by atoms with Gasteiger partial charge in [-0.15, -0.1) is 0 Å². The van der Waals surface area contributed by atoms with Crippen LogP contribution in [0.15, 0.2) is 18.6 Å². The predicted molar refractivity (Wildman–Crippen MR) is 23.6 cm³/mol. The lowest BCUT2D eigenvalue weighted by molar-refractivity contribution is 0.442. The summed E-state index contributed by atoms with van der Waals surface area (Å²) in [6, 6.07) is 0. The van der Waals surface area contributed by atoms with Gasteiger partial charge in [0.15, 0.2) is 0 Å². The van der Waals surface area contributed by atoms with E-state index in [0.717, 1.165) is 0 Å². The van der Waals surface area contributed by atoms with Gasteiger partial charge in [0.1, 0.15) is 12.4 Å². The molecule has 0 N–H and O–H groups in total. The van der Waals surface area contributed by atoms with Gasteiger partial charge in [-0.05, 0) is 0 Å². The number of hydrogen-bond donors (Lipinski definition) is 0. The molecule has 6 heavy (non-hydrogen) atoms. The first-order valence-corrected chi connectivity index (χ1v) is 1.37. The second-order valence-electron chi connectivity index (χ2n) is 0.558. The van der Waals surface area contributed by atoms with Crippen molar-refractivity contribution in [2.24, 2.45) is 0 Å². The summed E-state index contributed by atoms with van der Waals surface area (Å²) in [5, 5.41) is 0. The summed E-state index contributed by atoms with van der Waals surface area (Å²) in [7, 11) is 0. The molecule has 0 aliphatic carbocycles. The molecule has 0 radical (unpaired) electrons. The Hall–Kier alpha value is -1.12. The summed E-state index contributed by atoms with van der Waals surface area (Å²) in [6.45, 7) is 3.20. The van der Waals surface area contributed by atoms with Crippen molar-refractivity contribution in [3.8, 4) is 12.5 Å². The fourth-order valence-corrected chi connectivity index (χ4v) is 0.0757. The van der Waals surface area contributed by atoms with E-state index in [-0.39, 0.29) is 0 Å². The lowest BCUT2D eigenvalue weighted by atomic mass is 10.9. The van der Waals surface area contributed by atoms with Gasteiger partial charge in [-0.3, -0.25) is 0 Å².